The number of carbonyl (C=O) groups is 2. The Labute approximate surface area is 112 Å². The number of rotatable bonds is 7. The molecule has 0 aliphatic rings. The van der Waals surface area contributed by atoms with Gasteiger partial charge in [0.05, 0.1) is 5.97 Å². The van der Waals surface area contributed by atoms with E-state index in [1.807, 2.05) is 13.8 Å². The van der Waals surface area contributed by atoms with Crippen LogP contribution in [0.3, 0.4) is 0 Å². The summed E-state index contributed by atoms with van der Waals surface area (Å²) in [5.74, 6) is -0.849. The highest BCUT2D eigenvalue weighted by Gasteiger charge is 2.13. The van der Waals surface area contributed by atoms with Crippen LogP contribution in [0.1, 0.15) is 26.7 Å². The average molecular weight is 264 g/mol. The Morgan fingerprint density at radius 3 is 2.26 bits per heavy atom. The van der Waals surface area contributed by atoms with Crippen LogP contribution in [-0.2, 0) is 9.59 Å². The first kappa shape index (κ1) is 15.0. The predicted octanol–water partition coefficient (Wildman–Crippen LogP) is 1.19. The van der Waals surface area contributed by atoms with Gasteiger partial charge in [0.15, 0.2) is 0 Å². The largest absolute Gasteiger partial charge is 0.546 e. The summed E-state index contributed by atoms with van der Waals surface area (Å²) < 4.78 is 4.94. The molecule has 1 aromatic rings. The molecule has 104 valence electrons. The summed E-state index contributed by atoms with van der Waals surface area (Å²) in [5.41, 5.74) is 0.665. The van der Waals surface area contributed by atoms with Crippen molar-refractivity contribution in [3.05, 3.63) is 24.3 Å². The first-order valence-corrected chi connectivity index (χ1v) is 6.30. The molecular formula is C14H18NO4-. The average Bonchev–Trinajstić information content (AvgIpc) is 2.39. The molecule has 0 unspecified atom stereocenters. The van der Waals surface area contributed by atoms with Crippen molar-refractivity contribution in [1.82, 2.24) is 0 Å². The monoisotopic (exact) mass is 264 g/mol. The number of nitrogens with one attached hydrogen (secondary N) is 1. The minimum absolute atomic E-state index is 0.00611. The zero-order chi connectivity index (χ0) is 14.3. The fourth-order valence-electron chi connectivity index (χ4n) is 1.68. The Balaban J connectivity index is 2.56. The first-order valence-electron chi connectivity index (χ1n) is 6.30. The van der Waals surface area contributed by atoms with Crippen LogP contribution >= 0.6 is 0 Å². The van der Waals surface area contributed by atoms with Crippen LogP contribution in [0.15, 0.2) is 24.3 Å². The van der Waals surface area contributed by atoms with Crippen molar-refractivity contribution in [3.8, 4) is 5.75 Å². The van der Waals surface area contributed by atoms with Gasteiger partial charge in [0, 0.05) is 11.6 Å². The van der Waals surface area contributed by atoms with Gasteiger partial charge in [0.2, 0.25) is 5.91 Å². The summed E-state index contributed by atoms with van der Waals surface area (Å²) >= 11 is 0. The van der Waals surface area contributed by atoms with E-state index in [2.05, 4.69) is 5.32 Å². The van der Waals surface area contributed by atoms with Crippen molar-refractivity contribution >= 4 is 17.6 Å². The Kier molecular flexibility index (Phi) is 5.85. The van der Waals surface area contributed by atoms with Gasteiger partial charge < -0.3 is 20.0 Å². The summed E-state index contributed by atoms with van der Waals surface area (Å²) in [4.78, 5) is 22.1. The minimum Gasteiger partial charge on any atom is -0.546 e. The van der Waals surface area contributed by atoms with Crippen molar-refractivity contribution < 1.29 is 19.4 Å². The van der Waals surface area contributed by atoms with Gasteiger partial charge in [-0.05, 0) is 37.1 Å². The molecular weight excluding hydrogens is 246 g/mol. The van der Waals surface area contributed by atoms with Gasteiger partial charge in [-0.15, -0.1) is 0 Å². The van der Waals surface area contributed by atoms with E-state index in [9.17, 15) is 14.7 Å². The van der Waals surface area contributed by atoms with E-state index in [1.54, 1.807) is 24.3 Å². The molecule has 0 atom stereocenters. The lowest BCUT2D eigenvalue weighted by Gasteiger charge is -2.13. The highest BCUT2D eigenvalue weighted by atomic mass is 16.5. The Bertz CT molecular complexity index is 424. The molecule has 0 radical (unpaired) electrons. The zero-order valence-corrected chi connectivity index (χ0v) is 11.1. The Hall–Kier alpha value is -2.04. The van der Waals surface area contributed by atoms with Gasteiger partial charge >= 0.3 is 0 Å². The van der Waals surface area contributed by atoms with E-state index in [-0.39, 0.29) is 11.8 Å². The zero-order valence-electron chi connectivity index (χ0n) is 11.1. The molecule has 0 bridgehead atoms. The molecule has 1 N–H and O–H groups in total. The molecule has 1 rings (SSSR count). The van der Waals surface area contributed by atoms with Crippen LogP contribution < -0.4 is 15.2 Å². The topological polar surface area (TPSA) is 78.5 Å². The number of carbonyl (C=O) groups excluding carboxylic acids is 2. The predicted molar refractivity (Wildman–Crippen MR) is 69.6 cm³/mol. The van der Waals surface area contributed by atoms with Crippen LogP contribution in [0.2, 0.25) is 0 Å². The van der Waals surface area contributed by atoms with Gasteiger partial charge in [-0.3, -0.25) is 4.79 Å². The second-order valence-electron chi connectivity index (χ2n) is 4.19. The van der Waals surface area contributed by atoms with E-state index < -0.39 is 12.6 Å². The summed E-state index contributed by atoms with van der Waals surface area (Å²) in [5, 5.41) is 13.0. The van der Waals surface area contributed by atoms with E-state index >= 15 is 0 Å². The maximum absolute atomic E-state index is 11.8. The number of hydrogen-bond donors (Lipinski definition) is 1. The molecule has 0 aliphatic carbocycles. The van der Waals surface area contributed by atoms with Gasteiger partial charge in [-0.2, -0.15) is 0 Å². The first-order chi connectivity index (χ1) is 9.06. The third kappa shape index (κ3) is 4.99. The number of anilines is 1. The maximum Gasteiger partial charge on any atom is 0.227 e. The smallest absolute Gasteiger partial charge is 0.227 e. The van der Waals surface area contributed by atoms with Crippen molar-refractivity contribution in [2.75, 3.05) is 11.9 Å². The SMILES string of the molecule is CCC(CC)C(=O)Nc1ccc(OCC(=O)[O-])cc1. The lowest BCUT2D eigenvalue weighted by molar-refractivity contribution is -0.307. The third-order valence-corrected chi connectivity index (χ3v) is 2.83. The van der Waals surface area contributed by atoms with Crippen molar-refractivity contribution in [3.63, 3.8) is 0 Å². The molecule has 5 nitrogen and oxygen atoms in total. The van der Waals surface area contributed by atoms with Gasteiger partial charge in [-0.25, -0.2) is 0 Å². The quantitative estimate of drug-likeness (QED) is 0.802. The molecule has 0 heterocycles. The van der Waals surface area contributed by atoms with Crippen LogP contribution in [0.4, 0.5) is 5.69 Å². The third-order valence-electron chi connectivity index (χ3n) is 2.83. The van der Waals surface area contributed by atoms with Crippen LogP contribution in [0.5, 0.6) is 5.75 Å². The number of carboxylic acids is 1. The normalized spacial score (nSPS) is 10.3. The van der Waals surface area contributed by atoms with Gasteiger partial charge in [-0.1, -0.05) is 13.8 Å². The highest BCUT2D eigenvalue weighted by Crippen LogP contribution is 2.17. The number of ether oxygens (including phenoxy) is 1. The van der Waals surface area contributed by atoms with E-state index in [0.717, 1.165) is 12.8 Å². The molecule has 19 heavy (non-hydrogen) atoms. The Morgan fingerprint density at radius 1 is 1.21 bits per heavy atom. The van der Waals surface area contributed by atoms with Gasteiger partial charge in [0.1, 0.15) is 12.4 Å². The fraction of sp³-hybridized carbons (Fsp3) is 0.429. The number of aliphatic carboxylic acids is 1. The fourth-order valence-corrected chi connectivity index (χ4v) is 1.68. The van der Waals surface area contributed by atoms with E-state index in [0.29, 0.717) is 11.4 Å². The molecule has 0 saturated carbocycles. The van der Waals surface area contributed by atoms with Crippen molar-refractivity contribution in [2.24, 2.45) is 5.92 Å². The van der Waals surface area contributed by atoms with Crippen LogP contribution in [0.25, 0.3) is 0 Å². The second kappa shape index (κ2) is 7.41. The van der Waals surface area contributed by atoms with E-state index in [4.69, 9.17) is 4.74 Å². The van der Waals surface area contributed by atoms with Gasteiger partial charge in [0.25, 0.3) is 0 Å². The lowest BCUT2D eigenvalue weighted by atomic mass is 10.0. The highest BCUT2D eigenvalue weighted by molar-refractivity contribution is 5.92. The number of carboxylic acid groups (broad SMARTS) is 1. The number of amides is 1. The molecule has 0 saturated heterocycles. The maximum atomic E-state index is 11.8. The lowest BCUT2D eigenvalue weighted by Crippen LogP contribution is -2.28. The number of hydrogen-bond acceptors (Lipinski definition) is 4. The molecule has 0 fully saturated rings. The summed E-state index contributed by atoms with van der Waals surface area (Å²) in [6.45, 7) is 3.47. The number of benzene rings is 1. The molecule has 0 spiro atoms. The van der Waals surface area contributed by atoms with Crippen LogP contribution in [-0.4, -0.2) is 18.5 Å². The van der Waals surface area contributed by atoms with Crippen molar-refractivity contribution in [2.45, 2.75) is 26.7 Å². The second-order valence-corrected chi connectivity index (χ2v) is 4.19. The van der Waals surface area contributed by atoms with Crippen LogP contribution in [0, 0.1) is 5.92 Å². The summed E-state index contributed by atoms with van der Waals surface area (Å²) in [6, 6.07) is 6.55. The molecule has 1 amide bonds. The molecule has 1 aromatic carbocycles. The van der Waals surface area contributed by atoms with E-state index in [1.165, 1.54) is 0 Å². The summed E-state index contributed by atoms with van der Waals surface area (Å²) in [6.07, 6.45) is 1.60. The molecule has 0 aliphatic heterocycles. The summed E-state index contributed by atoms with van der Waals surface area (Å²) in [7, 11) is 0. The molecule has 5 heteroatoms. The minimum atomic E-state index is -1.27. The Morgan fingerprint density at radius 2 is 1.79 bits per heavy atom. The molecule has 0 aromatic heterocycles. The standard InChI is InChI=1S/C14H19NO4/c1-3-10(4-2)14(18)15-11-5-7-12(8-6-11)19-9-13(16)17/h5-8,10H,3-4,9H2,1-2H3,(H,15,18)(H,16,17)/p-1. The van der Waals surface area contributed by atoms with Crippen molar-refractivity contribution in [1.29, 1.82) is 0 Å².